The molecule has 5 aromatic rings. The second-order valence-corrected chi connectivity index (χ2v) is 12.0. The average Bonchev–Trinajstić information content (AvgIpc) is 3.68. The van der Waals surface area contributed by atoms with Gasteiger partial charge in [-0.15, -0.1) is 0 Å². The van der Waals surface area contributed by atoms with E-state index in [0.717, 1.165) is 21.6 Å². The molecule has 2 unspecified atom stereocenters. The van der Waals surface area contributed by atoms with Gasteiger partial charge in [-0.1, -0.05) is 65.4 Å². The van der Waals surface area contributed by atoms with Gasteiger partial charge in [-0.25, -0.2) is 4.98 Å². The molecule has 0 saturated carbocycles. The van der Waals surface area contributed by atoms with Crippen LogP contribution >= 0.6 is 22.9 Å². The zero-order chi connectivity index (χ0) is 29.7. The van der Waals surface area contributed by atoms with Crippen molar-refractivity contribution in [2.45, 2.75) is 32.1 Å². The van der Waals surface area contributed by atoms with Crippen molar-refractivity contribution >= 4 is 55.7 Å². The first-order chi connectivity index (χ1) is 20.9. The maximum Gasteiger partial charge on any atom is 0.301 e. The predicted octanol–water partition coefficient (Wildman–Crippen LogP) is 7.48. The Bertz CT molecular complexity index is 1940. The zero-order valence-corrected chi connectivity index (χ0v) is 24.6. The van der Waals surface area contributed by atoms with E-state index in [9.17, 15) is 14.7 Å². The molecule has 214 valence electrons. The van der Waals surface area contributed by atoms with Crippen LogP contribution in [0.2, 0.25) is 5.02 Å². The van der Waals surface area contributed by atoms with Gasteiger partial charge >= 0.3 is 5.91 Å². The molecule has 0 spiro atoms. The highest BCUT2D eigenvalue weighted by molar-refractivity contribution is 7.22. The Kier molecular flexibility index (Phi) is 6.88. The van der Waals surface area contributed by atoms with Gasteiger partial charge in [0, 0.05) is 17.0 Å². The van der Waals surface area contributed by atoms with Gasteiger partial charge in [-0.3, -0.25) is 14.5 Å². The Hall–Kier alpha value is -4.66. The number of nitrogens with zero attached hydrogens (tertiary/aromatic N) is 2. The van der Waals surface area contributed by atoms with Crippen LogP contribution in [0.5, 0.6) is 11.5 Å². The number of aliphatic hydroxyl groups excluding tert-OH is 1. The maximum absolute atomic E-state index is 13.7. The molecular weight excluding hydrogens is 584 g/mol. The fraction of sp³-hybridized carbons (Fsp3) is 0.147. The zero-order valence-electron chi connectivity index (χ0n) is 23.0. The summed E-state index contributed by atoms with van der Waals surface area (Å²) in [6.45, 7) is 2.32. The Labute approximate surface area is 256 Å². The summed E-state index contributed by atoms with van der Waals surface area (Å²) < 4.78 is 12.7. The Morgan fingerprint density at radius 2 is 1.88 bits per heavy atom. The largest absolute Gasteiger partial charge is 0.507 e. The summed E-state index contributed by atoms with van der Waals surface area (Å²) >= 11 is 7.47. The standard InChI is InChI=1S/C34H25ClN2O5S/c1-19-14-23-15-22(10-13-27(23)42-19)31(38)29-30(21-8-5-9-25(16-21)41-18-20-6-3-2-4-7-20)37(33(40)32(29)39)34-36-26-12-11-24(35)17-28(26)43-34/h2-13,15-17,19,30,38H,14,18H2,1H3. The number of amides is 1. The lowest BCUT2D eigenvalue weighted by atomic mass is 9.94. The molecule has 1 saturated heterocycles. The molecule has 2 aliphatic rings. The fourth-order valence-corrected chi connectivity index (χ4v) is 6.84. The van der Waals surface area contributed by atoms with Gasteiger partial charge in [0.15, 0.2) is 5.13 Å². The highest BCUT2D eigenvalue weighted by Crippen LogP contribution is 2.45. The number of Topliss-reactive ketones (excluding diaryl/α,β-unsaturated/α-hetero) is 1. The van der Waals surface area contributed by atoms with Gasteiger partial charge in [0.2, 0.25) is 0 Å². The number of ketones is 1. The number of aromatic nitrogens is 1. The molecule has 4 aromatic carbocycles. The highest BCUT2D eigenvalue weighted by atomic mass is 35.5. The minimum Gasteiger partial charge on any atom is -0.507 e. The first kappa shape index (κ1) is 27.2. The fourth-order valence-electron chi connectivity index (χ4n) is 5.57. The predicted molar refractivity (Wildman–Crippen MR) is 167 cm³/mol. The molecule has 0 bridgehead atoms. The van der Waals surface area contributed by atoms with E-state index in [4.69, 9.17) is 21.1 Å². The van der Waals surface area contributed by atoms with Crippen molar-refractivity contribution in [2.75, 3.05) is 4.90 Å². The van der Waals surface area contributed by atoms with E-state index in [1.54, 1.807) is 36.4 Å². The second-order valence-electron chi connectivity index (χ2n) is 10.6. The van der Waals surface area contributed by atoms with Crippen molar-refractivity contribution < 1.29 is 24.2 Å². The number of halogens is 1. The molecule has 2 atom stereocenters. The lowest BCUT2D eigenvalue weighted by molar-refractivity contribution is -0.132. The van der Waals surface area contributed by atoms with Crippen molar-refractivity contribution in [3.8, 4) is 11.5 Å². The van der Waals surface area contributed by atoms with Gasteiger partial charge in [0.05, 0.1) is 21.8 Å². The van der Waals surface area contributed by atoms with E-state index < -0.39 is 17.7 Å². The number of rotatable bonds is 6. The SMILES string of the molecule is CC1Cc2cc(C(O)=C3C(=O)C(=O)N(c4nc5ccc(Cl)cc5s4)C3c3cccc(OCc4ccccc4)c3)ccc2O1. The normalized spacial score (nSPS) is 19.1. The number of anilines is 1. The molecule has 3 heterocycles. The summed E-state index contributed by atoms with van der Waals surface area (Å²) in [6, 6.07) is 26.6. The summed E-state index contributed by atoms with van der Waals surface area (Å²) in [6.07, 6.45) is 0.702. The van der Waals surface area contributed by atoms with Crippen molar-refractivity contribution in [3.63, 3.8) is 0 Å². The number of fused-ring (bicyclic) bond motifs is 2. The number of hydrogen-bond donors (Lipinski definition) is 1. The molecule has 9 heteroatoms. The summed E-state index contributed by atoms with van der Waals surface area (Å²) in [7, 11) is 0. The molecule has 7 nitrogen and oxygen atoms in total. The Morgan fingerprint density at radius 1 is 1.05 bits per heavy atom. The highest BCUT2D eigenvalue weighted by Gasteiger charge is 2.48. The topological polar surface area (TPSA) is 89.0 Å². The van der Waals surface area contributed by atoms with E-state index in [-0.39, 0.29) is 17.4 Å². The van der Waals surface area contributed by atoms with E-state index in [0.29, 0.717) is 45.6 Å². The van der Waals surface area contributed by atoms with Crippen LogP contribution in [0.4, 0.5) is 5.13 Å². The van der Waals surface area contributed by atoms with E-state index in [1.165, 1.54) is 16.2 Å². The van der Waals surface area contributed by atoms with E-state index in [1.807, 2.05) is 61.5 Å². The number of ether oxygens (including phenoxy) is 2. The third kappa shape index (κ3) is 5.02. The van der Waals surface area contributed by atoms with Crippen molar-refractivity contribution in [1.82, 2.24) is 4.98 Å². The van der Waals surface area contributed by atoms with E-state index in [2.05, 4.69) is 4.98 Å². The van der Waals surface area contributed by atoms with Crippen LogP contribution in [0.15, 0.2) is 96.6 Å². The summed E-state index contributed by atoms with van der Waals surface area (Å²) in [5.74, 6) is -0.511. The van der Waals surface area contributed by atoms with Crippen molar-refractivity contribution in [2.24, 2.45) is 0 Å². The molecule has 1 N–H and O–H groups in total. The molecular formula is C34H25ClN2O5S. The molecule has 1 fully saturated rings. The quantitative estimate of drug-likeness (QED) is 0.122. The number of hydrogen-bond acceptors (Lipinski definition) is 7. The number of aliphatic hydroxyl groups is 1. The molecule has 1 amide bonds. The molecule has 0 radical (unpaired) electrons. The minimum absolute atomic E-state index is 0.0177. The molecule has 0 aliphatic carbocycles. The smallest absolute Gasteiger partial charge is 0.301 e. The molecule has 2 aliphatic heterocycles. The van der Waals surface area contributed by atoms with Gasteiger partial charge in [-0.05, 0) is 72.1 Å². The monoisotopic (exact) mass is 608 g/mol. The van der Waals surface area contributed by atoms with Gasteiger partial charge in [-0.2, -0.15) is 0 Å². The molecule has 1 aromatic heterocycles. The lowest BCUT2D eigenvalue weighted by Crippen LogP contribution is -2.29. The second kappa shape index (κ2) is 10.9. The van der Waals surface area contributed by atoms with Gasteiger partial charge in [0.25, 0.3) is 5.78 Å². The molecule has 7 rings (SSSR count). The third-order valence-corrected chi connectivity index (χ3v) is 8.83. The summed E-state index contributed by atoms with van der Waals surface area (Å²) in [5, 5.41) is 12.5. The van der Waals surface area contributed by atoms with Crippen molar-refractivity contribution in [1.29, 1.82) is 0 Å². The van der Waals surface area contributed by atoms with Crippen LogP contribution in [-0.2, 0) is 22.6 Å². The number of thiazole rings is 1. The summed E-state index contributed by atoms with van der Waals surface area (Å²) in [4.78, 5) is 33.5. The van der Waals surface area contributed by atoms with Crippen LogP contribution in [0.3, 0.4) is 0 Å². The van der Waals surface area contributed by atoms with Crippen LogP contribution in [0, 0.1) is 0 Å². The lowest BCUT2D eigenvalue weighted by Gasteiger charge is -2.23. The molecule has 43 heavy (non-hydrogen) atoms. The van der Waals surface area contributed by atoms with E-state index >= 15 is 0 Å². The van der Waals surface area contributed by atoms with Gasteiger partial charge in [0.1, 0.15) is 30.0 Å². The Morgan fingerprint density at radius 3 is 2.72 bits per heavy atom. The summed E-state index contributed by atoms with van der Waals surface area (Å²) in [5.41, 5.74) is 3.60. The average molecular weight is 609 g/mol. The van der Waals surface area contributed by atoms with Crippen LogP contribution < -0.4 is 14.4 Å². The maximum atomic E-state index is 13.7. The van der Waals surface area contributed by atoms with Gasteiger partial charge < -0.3 is 14.6 Å². The number of carbonyl (C=O) groups is 2. The Balaban J connectivity index is 1.35. The minimum atomic E-state index is -0.945. The number of benzene rings is 4. The first-order valence-electron chi connectivity index (χ1n) is 13.8. The van der Waals surface area contributed by atoms with Crippen LogP contribution in [-0.4, -0.2) is 27.9 Å². The van der Waals surface area contributed by atoms with Crippen molar-refractivity contribution in [3.05, 3.63) is 124 Å². The number of carbonyl (C=O) groups excluding carboxylic acids is 2. The van der Waals surface area contributed by atoms with Crippen LogP contribution in [0.1, 0.15) is 35.2 Å². The first-order valence-corrected chi connectivity index (χ1v) is 15.0. The van der Waals surface area contributed by atoms with Crippen LogP contribution in [0.25, 0.3) is 16.0 Å². The third-order valence-electron chi connectivity index (χ3n) is 7.58.